The fourth-order valence-corrected chi connectivity index (χ4v) is 4.36. The molecule has 0 radical (unpaired) electrons. The molecule has 1 atom stereocenters. The number of halogens is 1. The van der Waals surface area contributed by atoms with Gasteiger partial charge in [0.2, 0.25) is 0 Å². The lowest BCUT2D eigenvalue weighted by Gasteiger charge is -2.25. The minimum absolute atomic E-state index is 0.0662. The zero-order valence-electron chi connectivity index (χ0n) is 19.9. The van der Waals surface area contributed by atoms with E-state index in [9.17, 15) is 14.7 Å². The highest BCUT2D eigenvalue weighted by Crippen LogP contribution is 2.41. The number of aliphatic hydroxyl groups excluding tert-OH is 1. The third kappa shape index (κ3) is 5.30. The fraction of sp³-hybridized carbons (Fsp3) is 0.250. The summed E-state index contributed by atoms with van der Waals surface area (Å²) >= 11 is 3.43. The highest BCUT2D eigenvalue weighted by molar-refractivity contribution is 9.10. The molecular formula is C28H27BrN2O4. The van der Waals surface area contributed by atoms with Crippen LogP contribution >= 0.6 is 15.9 Å². The van der Waals surface area contributed by atoms with Crippen LogP contribution in [0.1, 0.15) is 42.1 Å². The molecule has 7 heteroatoms. The average molecular weight is 535 g/mol. The van der Waals surface area contributed by atoms with E-state index in [1.165, 1.54) is 4.90 Å². The first-order valence-electron chi connectivity index (χ1n) is 11.4. The predicted octanol–water partition coefficient (Wildman–Crippen LogP) is 5.81. The van der Waals surface area contributed by atoms with Crippen LogP contribution in [0.4, 0.5) is 0 Å². The molecule has 4 rings (SSSR count). The maximum atomic E-state index is 13.2. The Labute approximate surface area is 213 Å². The molecule has 6 nitrogen and oxygen atoms in total. The van der Waals surface area contributed by atoms with Gasteiger partial charge in [0.25, 0.3) is 11.7 Å². The van der Waals surface area contributed by atoms with Crippen LogP contribution in [0.2, 0.25) is 0 Å². The van der Waals surface area contributed by atoms with E-state index < -0.39 is 17.7 Å². The van der Waals surface area contributed by atoms with Crippen molar-refractivity contribution in [3.05, 3.63) is 99.3 Å². The van der Waals surface area contributed by atoms with Crippen LogP contribution in [0.15, 0.2) is 77.0 Å². The second kappa shape index (κ2) is 10.4. The molecule has 0 saturated carbocycles. The molecule has 1 aliphatic heterocycles. The molecule has 0 spiro atoms. The van der Waals surface area contributed by atoms with E-state index in [0.29, 0.717) is 18.1 Å². The van der Waals surface area contributed by atoms with Gasteiger partial charge in [-0.15, -0.1) is 0 Å². The monoisotopic (exact) mass is 534 g/mol. The summed E-state index contributed by atoms with van der Waals surface area (Å²) in [6.45, 7) is 6.80. The Morgan fingerprint density at radius 2 is 1.89 bits per heavy atom. The third-order valence-corrected chi connectivity index (χ3v) is 6.35. The van der Waals surface area contributed by atoms with Crippen molar-refractivity contribution >= 4 is 33.4 Å². The van der Waals surface area contributed by atoms with Crippen molar-refractivity contribution in [3.8, 4) is 5.75 Å². The van der Waals surface area contributed by atoms with Crippen molar-refractivity contribution in [3.63, 3.8) is 0 Å². The first-order chi connectivity index (χ1) is 16.8. The normalized spacial score (nSPS) is 17.3. The van der Waals surface area contributed by atoms with E-state index in [0.717, 1.165) is 26.9 Å². The van der Waals surface area contributed by atoms with Crippen molar-refractivity contribution in [1.82, 2.24) is 9.88 Å². The lowest BCUT2D eigenvalue weighted by Crippen LogP contribution is -2.29. The number of carbonyl (C=O) groups excluding carboxylic acids is 2. The Morgan fingerprint density at radius 3 is 2.51 bits per heavy atom. The van der Waals surface area contributed by atoms with Crippen LogP contribution < -0.4 is 4.74 Å². The number of carbonyl (C=O) groups is 2. The topological polar surface area (TPSA) is 79.7 Å². The quantitative estimate of drug-likeness (QED) is 0.235. The number of likely N-dealkylation sites (tertiary alicyclic amines) is 1. The number of ether oxygens (including phenoxy) is 1. The zero-order chi connectivity index (χ0) is 25.1. The Balaban J connectivity index is 1.78. The summed E-state index contributed by atoms with van der Waals surface area (Å²) in [4.78, 5) is 32.0. The maximum absolute atomic E-state index is 13.2. The number of aromatic nitrogens is 1. The van der Waals surface area contributed by atoms with Crippen molar-refractivity contribution in [2.24, 2.45) is 5.92 Å². The van der Waals surface area contributed by atoms with Crippen LogP contribution in [-0.4, -0.2) is 33.3 Å². The SMILES string of the molecule is Cc1cc(/C(O)=C2\C(=O)C(=O)N(Cc3cccnc3)C2c2ccc(Br)cc2)ccc1OCC(C)C. The van der Waals surface area contributed by atoms with Crippen molar-refractivity contribution in [2.45, 2.75) is 33.4 Å². The summed E-state index contributed by atoms with van der Waals surface area (Å²) in [7, 11) is 0. The van der Waals surface area contributed by atoms with Gasteiger partial charge in [0, 0.05) is 29.0 Å². The number of Topliss-reactive ketones (excluding diaryl/α,β-unsaturated/α-hetero) is 1. The number of benzene rings is 2. The van der Waals surface area contributed by atoms with E-state index in [4.69, 9.17) is 4.74 Å². The van der Waals surface area contributed by atoms with Crippen molar-refractivity contribution < 1.29 is 19.4 Å². The van der Waals surface area contributed by atoms with E-state index in [2.05, 4.69) is 34.8 Å². The number of amides is 1. The number of ketones is 1. The highest BCUT2D eigenvalue weighted by atomic mass is 79.9. The molecule has 1 aliphatic rings. The van der Waals surface area contributed by atoms with Gasteiger partial charge in [-0.3, -0.25) is 14.6 Å². The molecule has 1 unspecified atom stereocenters. The molecule has 1 fully saturated rings. The molecule has 0 bridgehead atoms. The van der Waals surface area contributed by atoms with Gasteiger partial charge in [0.15, 0.2) is 0 Å². The minimum atomic E-state index is -0.736. The van der Waals surface area contributed by atoms with Crippen LogP contribution in [0.25, 0.3) is 5.76 Å². The number of hydrogen-bond donors (Lipinski definition) is 1. The molecule has 1 saturated heterocycles. The number of nitrogens with zero attached hydrogens (tertiary/aromatic N) is 2. The van der Waals surface area contributed by atoms with E-state index >= 15 is 0 Å². The molecule has 3 aromatic rings. The number of pyridine rings is 1. The summed E-state index contributed by atoms with van der Waals surface area (Å²) in [6, 6.07) is 15.6. The van der Waals surface area contributed by atoms with Crippen molar-refractivity contribution in [1.29, 1.82) is 0 Å². The number of hydrogen-bond acceptors (Lipinski definition) is 5. The van der Waals surface area contributed by atoms with E-state index in [1.54, 1.807) is 36.7 Å². The average Bonchev–Trinajstić information content (AvgIpc) is 3.09. The van der Waals surface area contributed by atoms with Crippen LogP contribution in [0, 0.1) is 12.8 Å². The molecule has 35 heavy (non-hydrogen) atoms. The maximum Gasteiger partial charge on any atom is 0.295 e. The zero-order valence-corrected chi connectivity index (χ0v) is 21.5. The van der Waals surface area contributed by atoms with Gasteiger partial charge in [0.05, 0.1) is 18.2 Å². The summed E-state index contributed by atoms with van der Waals surface area (Å²) in [5.74, 6) is -0.474. The van der Waals surface area contributed by atoms with E-state index in [1.807, 2.05) is 37.3 Å². The third-order valence-electron chi connectivity index (χ3n) is 5.82. The molecule has 2 heterocycles. The molecule has 180 valence electrons. The number of aryl methyl sites for hydroxylation is 1. The van der Waals surface area contributed by atoms with Gasteiger partial charge in [-0.2, -0.15) is 0 Å². The first kappa shape index (κ1) is 24.7. The lowest BCUT2D eigenvalue weighted by atomic mass is 9.94. The van der Waals surface area contributed by atoms with Gasteiger partial charge in [-0.1, -0.05) is 48.0 Å². The fourth-order valence-electron chi connectivity index (χ4n) is 4.09. The van der Waals surface area contributed by atoms with Gasteiger partial charge in [0.1, 0.15) is 11.5 Å². The molecule has 1 aromatic heterocycles. The lowest BCUT2D eigenvalue weighted by molar-refractivity contribution is -0.140. The number of aliphatic hydroxyl groups is 1. The van der Waals surface area contributed by atoms with E-state index in [-0.39, 0.29) is 17.9 Å². The number of rotatable bonds is 7. The highest BCUT2D eigenvalue weighted by Gasteiger charge is 2.46. The molecule has 1 N–H and O–H groups in total. The Morgan fingerprint density at radius 1 is 1.14 bits per heavy atom. The molecular weight excluding hydrogens is 508 g/mol. The second-order valence-electron chi connectivity index (χ2n) is 9.02. The van der Waals surface area contributed by atoms with Gasteiger partial charge < -0.3 is 14.7 Å². The Hall–Kier alpha value is -3.45. The summed E-state index contributed by atoms with van der Waals surface area (Å²) in [5, 5.41) is 11.3. The largest absolute Gasteiger partial charge is 0.507 e. The van der Waals surface area contributed by atoms with Crippen LogP contribution in [0.5, 0.6) is 5.75 Å². The smallest absolute Gasteiger partial charge is 0.295 e. The molecule has 1 amide bonds. The van der Waals surface area contributed by atoms with Gasteiger partial charge >= 0.3 is 0 Å². The Kier molecular flexibility index (Phi) is 7.36. The van der Waals surface area contributed by atoms with Crippen LogP contribution in [0.3, 0.4) is 0 Å². The van der Waals surface area contributed by atoms with Gasteiger partial charge in [-0.05, 0) is 65.9 Å². The van der Waals surface area contributed by atoms with Crippen molar-refractivity contribution in [2.75, 3.05) is 6.61 Å². The van der Waals surface area contributed by atoms with Crippen LogP contribution in [-0.2, 0) is 16.1 Å². The Bertz CT molecular complexity index is 1270. The van der Waals surface area contributed by atoms with Gasteiger partial charge in [-0.25, -0.2) is 0 Å². The standard InChI is InChI=1S/C28H27BrN2O4/c1-17(2)16-35-23-11-8-21(13-18(23)3)26(32)24-25(20-6-9-22(29)10-7-20)31(28(34)27(24)33)15-19-5-4-12-30-14-19/h4-14,17,25,32H,15-16H2,1-3H3/b26-24+. The summed E-state index contributed by atoms with van der Waals surface area (Å²) < 4.78 is 6.72. The molecule has 0 aliphatic carbocycles. The first-order valence-corrected chi connectivity index (χ1v) is 12.2. The molecule has 2 aromatic carbocycles. The predicted molar refractivity (Wildman–Crippen MR) is 138 cm³/mol. The summed E-state index contributed by atoms with van der Waals surface area (Å²) in [6.07, 6.45) is 3.32. The minimum Gasteiger partial charge on any atom is -0.507 e. The summed E-state index contributed by atoms with van der Waals surface area (Å²) in [5.41, 5.74) is 2.88. The second-order valence-corrected chi connectivity index (χ2v) is 9.94.